The van der Waals surface area contributed by atoms with Crippen molar-refractivity contribution < 1.29 is 9.53 Å². The molecule has 20 heavy (non-hydrogen) atoms. The molecule has 4 heteroatoms. The summed E-state index contributed by atoms with van der Waals surface area (Å²) in [6.07, 6.45) is 3.16. The highest BCUT2D eigenvalue weighted by Crippen LogP contribution is 2.21. The number of hydrogen-bond acceptors (Lipinski definition) is 3. The predicted molar refractivity (Wildman–Crippen MR) is 80.6 cm³/mol. The number of ether oxygens (including phenoxy) is 1. The van der Waals surface area contributed by atoms with E-state index in [-0.39, 0.29) is 12.5 Å². The first-order valence-corrected chi connectivity index (χ1v) is 7.19. The third-order valence-electron chi connectivity index (χ3n) is 3.22. The zero-order valence-electron chi connectivity index (χ0n) is 12.2. The molecule has 2 rings (SSSR count). The molecule has 0 fully saturated rings. The number of fused-ring (bicyclic) bond motifs is 1. The van der Waals surface area contributed by atoms with Crippen molar-refractivity contribution >= 4 is 16.9 Å². The van der Waals surface area contributed by atoms with Gasteiger partial charge in [0, 0.05) is 23.6 Å². The molecule has 0 bridgehead atoms. The first kappa shape index (κ1) is 14.6. The van der Waals surface area contributed by atoms with E-state index < -0.39 is 0 Å². The quantitative estimate of drug-likeness (QED) is 0.623. The van der Waals surface area contributed by atoms with Crippen LogP contribution >= 0.6 is 0 Å². The molecule has 1 heterocycles. The lowest BCUT2D eigenvalue weighted by Crippen LogP contribution is -2.14. The van der Waals surface area contributed by atoms with Crippen LogP contribution in [-0.2, 0) is 22.6 Å². The Morgan fingerprint density at radius 2 is 2.10 bits per heavy atom. The molecule has 2 aromatic rings. The fourth-order valence-corrected chi connectivity index (χ4v) is 2.34. The number of hydrogen-bond donors (Lipinski definition) is 1. The number of aromatic nitrogens is 1. The predicted octanol–water partition coefficient (Wildman–Crippen LogP) is 2.70. The zero-order chi connectivity index (χ0) is 14.4. The fraction of sp³-hybridized carbons (Fsp3) is 0.438. The second-order valence-corrected chi connectivity index (χ2v) is 4.78. The van der Waals surface area contributed by atoms with E-state index in [1.165, 1.54) is 10.9 Å². The van der Waals surface area contributed by atoms with Crippen molar-refractivity contribution in [2.45, 2.75) is 33.4 Å². The van der Waals surface area contributed by atoms with Crippen LogP contribution in [0.2, 0.25) is 0 Å². The molecule has 0 amide bonds. The summed E-state index contributed by atoms with van der Waals surface area (Å²) in [5.41, 5.74) is 2.30. The summed E-state index contributed by atoms with van der Waals surface area (Å²) < 4.78 is 7.00. The maximum atomic E-state index is 11.7. The van der Waals surface area contributed by atoms with Crippen molar-refractivity contribution in [2.75, 3.05) is 13.2 Å². The van der Waals surface area contributed by atoms with Gasteiger partial charge in [0.2, 0.25) is 0 Å². The second kappa shape index (κ2) is 7.10. The van der Waals surface area contributed by atoms with E-state index in [0.29, 0.717) is 6.61 Å². The lowest BCUT2D eigenvalue weighted by atomic mass is 10.2. The number of nitrogens with zero attached hydrogens (tertiary/aromatic N) is 1. The summed E-state index contributed by atoms with van der Waals surface area (Å²) >= 11 is 0. The van der Waals surface area contributed by atoms with Crippen LogP contribution < -0.4 is 5.32 Å². The van der Waals surface area contributed by atoms with E-state index in [9.17, 15) is 4.79 Å². The Kier molecular flexibility index (Phi) is 5.18. The molecule has 0 aliphatic rings. The van der Waals surface area contributed by atoms with Crippen LogP contribution in [0.1, 0.15) is 25.8 Å². The Morgan fingerprint density at radius 1 is 1.30 bits per heavy atom. The summed E-state index contributed by atoms with van der Waals surface area (Å²) in [5, 5.41) is 4.60. The molecule has 0 aliphatic carbocycles. The van der Waals surface area contributed by atoms with Crippen LogP contribution in [0.3, 0.4) is 0 Å². The minimum Gasteiger partial charge on any atom is -0.465 e. The largest absolute Gasteiger partial charge is 0.465 e. The highest BCUT2D eigenvalue weighted by Gasteiger charge is 2.10. The standard InChI is InChI=1S/C16H22N2O2/c1-3-9-17-10-13-11-18(12-16(19)20-4-2)15-8-6-5-7-14(13)15/h5-8,11,17H,3-4,9-10,12H2,1-2H3. The number of nitrogens with one attached hydrogen (secondary N) is 1. The zero-order valence-corrected chi connectivity index (χ0v) is 12.2. The van der Waals surface area contributed by atoms with E-state index in [0.717, 1.165) is 25.0 Å². The molecular weight excluding hydrogens is 252 g/mol. The summed E-state index contributed by atoms with van der Waals surface area (Å²) in [6.45, 7) is 6.48. The van der Waals surface area contributed by atoms with Crippen LogP contribution in [0, 0.1) is 0 Å². The van der Waals surface area contributed by atoms with Gasteiger partial charge in [0.25, 0.3) is 0 Å². The van der Waals surface area contributed by atoms with Crippen molar-refractivity contribution in [2.24, 2.45) is 0 Å². The van der Waals surface area contributed by atoms with Crippen molar-refractivity contribution in [3.05, 3.63) is 36.0 Å². The monoisotopic (exact) mass is 274 g/mol. The van der Waals surface area contributed by atoms with Crippen LogP contribution in [0.5, 0.6) is 0 Å². The lowest BCUT2D eigenvalue weighted by Gasteiger charge is -2.04. The van der Waals surface area contributed by atoms with Gasteiger partial charge in [-0.2, -0.15) is 0 Å². The van der Waals surface area contributed by atoms with E-state index in [1.807, 2.05) is 35.9 Å². The number of benzene rings is 1. The molecule has 0 aliphatic heterocycles. The van der Waals surface area contributed by atoms with Crippen LogP contribution in [0.15, 0.2) is 30.5 Å². The van der Waals surface area contributed by atoms with Gasteiger partial charge < -0.3 is 14.6 Å². The van der Waals surface area contributed by atoms with Gasteiger partial charge in [-0.15, -0.1) is 0 Å². The molecule has 0 radical (unpaired) electrons. The minimum atomic E-state index is -0.193. The Morgan fingerprint density at radius 3 is 2.85 bits per heavy atom. The minimum absolute atomic E-state index is 0.193. The third-order valence-corrected chi connectivity index (χ3v) is 3.22. The normalized spacial score (nSPS) is 10.9. The Bertz CT molecular complexity index is 575. The van der Waals surface area contributed by atoms with Crippen LogP contribution in [-0.4, -0.2) is 23.7 Å². The smallest absolute Gasteiger partial charge is 0.325 e. The van der Waals surface area contributed by atoms with Crippen LogP contribution in [0.4, 0.5) is 0 Å². The van der Waals surface area contributed by atoms with Gasteiger partial charge in [0.05, 0.1) is 6.61 Å². The van der Waals surface area contributed by atoms with Crippen molar-refractivity contribution in [1.82, 2.24) is 9.88 Å². The third kappa shape index (κ3) is 3.39. The van der Waals surface area contributed by atoms with Crippen molar-refractivity contribution in [1.29, 1.82) is 0 Å². The van der Waals surface area contributed by atoms with E-state index in [2.05, 4.69) is 18.3 Å². The molecule has 108 valence electrons. The SMILES string of the molecule is CCCNCc1cn(CC(=O)OCC)c2ccccc12. The van der Waals surface area contributed by atoms with E-state index in [4.69, 9.17) is 4.74 Å². The van der Waals surface area contributed by atoms with Gasteiger partial charge in [-0.1, -0.05) is 25.1 Å². The Balaban J connectivity index is 2.23. The first-order valence-electron chi connectivity index (χ1n) is 7.19. The summed E-state index contributed by atoms with van der Waals surface area (Å²) in [5.74, 6) is -0.193. The molecule has 1 N–H and O–H groups in total. The Hall–Kier alpha value is -1.81. The van der Waals surface area contributed by atoms with Gasteiger partial charge >= 0.3 is 5.97 Å². The number of rotatable bonds is 7. The van der Waals surface area contributed by atoms with Crippen molar-refractivity contribution in [3.8, 4) is 0 Å². The molecule has 1 aromatic carbocycles. The van der Waals surface area contributed by atoms with Gasteiger partial charge in [-0.25, -0.2) is 0 Å². The highest BCUT2D eigenvalue weighted by molar-refractivity contribution is 5.85. The topological polar surface area (TPSA) is 43.3 Å². The lowest BCUT2D eigenvalue weighted by molar-refractivity contribution is -0.143. The molecule has 0 saturated carbocycles. The summed E-state index contributed by atoms with van der Waals surface area (Å²) in [4.78, 5) is 11.7. The number of esters is 1. The van der Waals surface area contributed by atoms with Gasteiger partial charge in [0.15, 0.2) is 0 Å². The number of para-hydroxylation sites is 1. The maximum Gasteiger partial charge on any atom is 0.325 e. The molecule has 0 atom stereocenters. The summed E-state index contributed by atoms with van der Waals surface area (Å²) in [6, 6.07) is 8.16. The van der Waals surface area contributed by atoms with Crippen molar-refractivity contribution in [3.63, 3.8) is 0 Å². The molecule has 1 aromatic heterocycles. The van der Waals surface area contributed by atoms with E-state index >= 15 is 0 Å². The molecule has 0 saturated heterocycles. The highest BCUT2D eigenvalue weighted by atomic mass is 16.5. The Labute approximate surface area is 119 Å². The first-order chi connectivity index (χ1) is 9.76. The van der Waals surface area contributed by atoms with Crippen LogP contribution in [0.25, 0.3) is 10.9 Å². The molecule has 4 nitrogen and oxygen atoms in total. The molecule has 0 spiro atoms. The van der Waals surface area contributed by atoms with Gasteiger partial charge in [-0.05, 0) is 31.5 Å². The summed E-state index contributed by atoms with van der Waals surface area (Å²) in [7, 11) is 0. The number of carbonyl (C=O) groups excluding carboxylic acids is 1. The average Bonchev–Trinajstić information content (AvgIpc) is 2.78. The maximum absolute atomic E-state index is 11.7. The number of carbonyl (C=O) groups is 1. The molecular formula is C16H22N2O2. The average molecular weight is 274 g/mol. The van der Waals surface area contributed by atoms with Gasteiger partial charge in [-0.3, -0.25) is 4.79 Å². The van der Waals surface area contributed by atoms with Gasteiger partial charge in [0.1, 0.15) is 6.54 Å². The van der Waals surface area contributed by atoms with E-state index in [1.54, 1.807) is 0 Å². The molecule has 0 unspecified atom stereocenters. The fourth-order valence-electron chi connectivity index (χ4n) is 2.34. The second-order valence-electron chi connectivity index (χ2n) is 4.78.